The number of carbonyl (C=O) groups excluding carboxylic acids is 1. The molecule has 0 fully saturated rings. The Balaban J connectivity index is 2.82. The number of carbonyl (C=O) groups is 1. The number of hydrogen-bond donors (Lipinski definition) is 0. The molecule has 0 bridgehead atoms. The average molecular weight is 324 g/mol. The molecule has 4 heteroatoms. The molecular formula is C15H18BrNO2. The highest BCUT2D eigenvalue weighted by molar-refractivity contribution is 9.10. The van der Waals surface area contributed by atoms with E-state index in [1.54, 1.807) is 0 Å². The van der Waals surface area contributed by atoms with Crippen molar-refractivity contribution in [2.45, 2.75) is 33.2 Å². The van der Waals surface area contributed by atoms with Gasteiger partial charge in [-0.3, -0.25) is 0 Å². The molecule has 2 aromatic rings. The van der Waals surface area contributed by atoms with Gasteiger partial charge in [0, 0.05) is 11.4 Å². The predicted molar refractivity (Wildman–Crippen MR) is 80.7 cm³/mol. The molecule has 0 aliphatic carbocycles. The summed E-state index contributed by atoms with van der Waals surface area (Å²) in [4.78, 5) is 11.9. The van der Waals surface area contributed by atoms with E-state index in [0.29, 0.717) is 11.6 Å². The highest BCUT2D eigenvalue weighted by atomic mass is 79.9. The van der Waals surface area contributed by atoms with E-state index < -0.39 is 0 Å². The standard InChI is InChI=1S/C15H18BrNO2/c1-5-9(2)17-12-8-6-7-11(15(18)19-4)13(12)10(3)14(17)16/h6-9H,5H2,1-4H3. The summed E-state index contributed by atoms with van der Waals surface area (Å²) in [6, 6.07) is 6.14. The summed E-state index contributed by atoms with van der Waals surface area (Å²) >= 11 is 3.65. The fourth-order valence-electron chi connectivity index (χ4n) is 2.42. The van der Waals surface area contributed by atoms with Crippen LogP contribution in [0.25, 0.3) is 10.9 Å². The van der Waals surface area contributed by atoms with Crippen LogP contribution in [0.15, 0.2) is 22.8 Å². The zero-order valence-corrected chi connectivity index (χ0v) is 13.2. The van der Waals surface area contributed by atoms with Crippen molar-refractivity contribution in [3.8, 4) is 0 Å². The van der Waals surface area contributed by atoms with Crippen molar-refractivity contribution in [2.75, 3.05) is 7.11 Å². The predicted octanol–water partition coefficient (Wildman–Crippen LogP) is 4.47. The molecule has 0 spiro atoms. The molecule has 0 amide bonds. The van der Waals surface area contributed by atoms with Gasteiger partial charge >= 0.3 is 5.97 Å². The van der Waals surface area contributed by atoms with Crippen LogP contribution < -0.4 is 0 Å². The lowest BCUT2D eigenvalue weighted by Gasteiger charge is -2.14. The SMILES string of the molecule is CCC(C)n1c(Br)c(C)c2c(C(=O)OC)cccc21. The first-order valence-electron chi connectivity index (χ1n) is 6.40. The van der Waals surface area contributed by atoms with Gasteiger partial charge in [0.05, 0.1) is 22.8 Å². The highest BCUT2D eigenvalue weighted by Crippen LogP contribution is 2.35. The largest absolute Gasteiger partial charge is 0.465 e. The number of hydrogen-bond acceptors (Lipinski definition) is 2. The Kier molecular flexibility index (Phi) is 3.99. The number of ether oxygens (including phenoxy) is 1. The van der Waals surface area contributed by atoms with Crippen molar-refractivity contribution in [3.63, 3.8) is 0 Å². The Bertz CT molecular complexity index is 631. The summed E-state index contributed by atoms with van der Waals surface area (Å²) in [5.41, 5.74) is 2.78. The van der Waals surface area contributed by atoms with Gasteiger partial charge in [-0.05, 0) is 53.9 Å². The fourth-order valence-corrected chi connectivity index (χ4v) is 3.16. The van der Waals surface area contributed by atoms with Crippen molar-refractivity contribution < 1.29 is 9.53 Å². The maximum absolute atomic E-state index is 11.9. The van der Waals surface area contributed by atoms with Gasteiger partial charge in [-0.15, -0.1) is 0 Å². The Morgan fingerprint density at radius 2 is 2.16 bits per heavy atom. The van der Waals surface area contributed by atoms with Gasteiger partial charge in [0.25, 0.3) is 0 Å². The van der Waals surface area contributed by atoms with Gasteiger partial charge in [0.15, 0.2) is 0 Å². The topological polar surface area (TPSA) is 31.2 Å². The van der Waals surface area contributed by atoms with Gasteiger partial charge in [0.1, 0.15) is 0 Å². The molecule has 1 unspecified atom stereocenters. The molecule has 0 aliphatic heterocycles. The molecule has 0 N–H and O–H groups in total. The molecule has 0 radical (unpaired) electrons. The molecule has 1 aromatic carbocycles. The van der Waals surface area contributed by atoms with Crippen LogP contribution in [0.4, 0.5) is 0 Å². The Labute approximate surface area is 121 Å². The zero-order chi connectivity index (χ0) is 14.2. The third kappa shape index (κ3) is 2.18. The number of halogens is 1. The van der Waals surface area contributed by atoms with Crippen molar-refractivity contribution in [1.82, 2.24) is 4.57 Å². The molecule has 3 nitrogen and oxygen atoms in total. The average Bonchev–Trinajstić information content (AvgIpc) is 2.69. The first-order valence-corrected chi connectivity index (χ1v) is 7.19. The lowest BCUT2D eigenvalue weighted by molar-refractivity contribution is 0.0603. The third-order valence-corrected chi connectivity index (χ3v) is 4.61. The molecule has 1 aromatic heterocycles. The normalized spacial score (nSPS) is 12.7. The second kappa shape index (κ2) is 5.37. The maximum Gasteiger partial charge on any atom is 0.338 e. The van der Waals surface area contributed by atoms with E-state index in [9.17, 15) is 4.79 Å². The second-order valence-corrected chi connectivity index (χ2v) is 5.49. The fraction of sp³-hybridized carbons (Fsp3) is 0.400. The monoisotopic (exact) mass is 323 g/mol. The van der Waals surface area contributed by atoms with Gasteiger partial charge < -0.3 is 9.30 Å². The van der Waals surface area contributed by atoms with E-state index in [1.165, 1.54) is 7.11 Å². The first kappa shape index (κ1) is 14.1. The van der Waals surface area contributed by atoms with Crippen LogP contribution in [0.1, 0.15) is 42.2 Å². The maximum atomic E-state index is 11.9. The Morgan fingerprint density at radius 1 is 1.47 bits per heavy atom. The number of nitrogens with zero attached hydrogens (tertiary/aromatic N) is 1. The molecule has 1 atom stereocenters. The molecule has 0 aliphatic rings. The summed E-state index contributed by atoms with van der Waals surface area (Å²) in [7, 11) is 1.41. The summed E-state index contributed by atoms with van der Waals surface area (Å²) in [6.07, 6.45) is 1.03. The number of methoxy groups -OCH3 is 1. The summed E-state index contributed by atoms with van der Waals surface area (Å²) in [6.45, 7) is 6.36. The third-order valence-electron chi connectivity index (χ3n) is 3.63. The van der Waals surface area contributed by atoms with Crippen LogP contribution in [-0.2, 0) is 4.74 Å². The molecule has 102 valence electrons. The van der Waals surface area contributed by atoms with Crippen LogP contribution in [0.3, 0.4) is 0 Å². The van der Waals surface area contributed by atoms with E-state index in [0.717, 1.165) is 27.5 Å². The van der Waals surface area contributed by atoms with E-state index in [2.05, 4.69) is 34.3 Å². The lowest BCUT2D eigenvalue weighted by Crippen LogP contribution is -2.05. The van der Waals surface area contributed by atoms with Crippen molar-refractivity contribution in [1.29, 1.82) is 0 Å². The van der Waals surface area contributed by atoms with Crippen LogP contribution in [0.2, 0.25) is 0 Å². The number of esters is 1. The summed E-state index contributed by atoms with van der Waals surface area (Å²) < 4.78 is 8.14. The molecule has 1 heterocycles. The van der Waals surface area contributed by atoms with Gasteiger partial charge in [-0.2, -0.15) is 0 Å². The van der Waals surface area contributed by atoms with Crippen molar-refractivity contribution in [3.05, 3.63) is 33.9 Å². The van der Waals surface area contributed by atoms with E-state index >= 15 is 0 Å². The lowest BCUT2D eigenvalue weighted by atomic mass is 10.1. The van der Waals surface area contributed by atoms with Crippen LogP contribution in [0, 0.1) is 6.92 Å². The number of aromatic nitrogens is 1. The van der Waals surface area contributed by atoms with Crippen molar-refractivity contribution >= 4 is 32.8 Å². The summed E-state index contributed by atoms with van der Waals surface area (Å²) in [5.74, 6) is -0.289. The zero-order valence-electron chi connectivity index (χ0n) is 11.7. The smallest absolute Gasteiger partial charge is 0.338 e. The second-order valence-electron chi connectivity index (χ2n) is 4.73. The number of aryl methyl sites for hydroxylation is 1. The minimum atomic E-state index is -0.289. The minimum Gasteiger partial charge on any atom is -0.465 e. The quantitative estimate of drug-likeness (QED) is 0.780. The minimum absolute atomic E-state index is 0.289. The molecule has 19 heavy (non-hydrogen) atoms. The van der Waals surface area contributed by atoms with Crippen LogP contribution in [0.5, 0.6) is 0 Å². The van der Waals surface area contributed by atoms with Gasteiger partial charge in [0.2, 0.25) is 0 Å². The van der Waals surface area contributed by atoms with Gasteiger partial charge in [-0.1, -0.05) is 13.0 Å². The molecule has 2 rings (SSSR count). The van der Waals surface area contributed by atoms with E-state index in [1.807, 2.05) is 25.1 Å². The van der Waals surface area contributed by atoms with E-state index in [-0.39, 0.29) is 5.97 Å². The summed E-state index contributed by atoms with van der Waals surface area (Å²) in [5, 5.41) is 0.974. The molecule has 0 saturated carbocycles. The number of fused-ring (bicyclic) bond motifs is 1. The Morgan fingerprint density at radius 3 is 2.74 bits per heavy atom. The van der Waals surface area contributed by atoms with E-state index in [4.69, 9.17) is 4.74 Å². The first-order chi connectivity index (χ1) is 9.02. The number of rotatable bonds is 3. The Hall–Kier alpha value is -1.29. The van der Waals surface area contributed by atoms with Crippen molar-refractivity contribution in [2.24, 2.45) is 0 Å². The van der Waals surface area contributed by atoms with Crippen LogP contribution >= 0.6 is 15.9 Å². The molecule has 0 saturated heterocycles. The molecular weight excluding hydrogens is 306 g/mol. The number of benzene rings is 1. The van der Waals surface area contributed by atoms with Crippen LogP contribution in [-0.4, -0.2) is 17.6 Å². The van der Waals surface area contributed by atoms with Gasteiger partial charge in [-0.25, -0.2) is 4.79 Å². The highest BCUT2D eigenvalue weighted by Gasteiger charge is 2.20.